The Morgan fingerprint density at radius 2 is 2.20 bits per heavy atom. The van der Waals surface area contributed by atoms with Crippen molar-refractivity contribution in [3.8, 4) is 0 Å². The second-order valence-electron chi connectivity index (χ2n) is 4.01. The molecule has 0 radical (unpaired) electrons. The number of carboxylic acid groups (broad SMARTS) is 1. The Morgan fingerprint density at radius 1 is 1.53 bits per heavy atom. The number of fused-ring (bicyclic) bond motifs is 2. The van der Waals surface area contributed by atoms with Crippen LogP contribution in [0.25, 0.3) is 0 Å². The molecule has 2 saturated heterocycles. The molecule has 3 N–H and O–H groups in total. The molecule has 2 aliphatic rings. The van der Waals surface area contributed by atoms with E-state index in [0.717, 1.165) is 4.90 Å². The van der Waals surface area contributed by atoms with E-state index in [9.17, 15) is 18.7 Å². The molecule has 2 aliphatic heterocycles. The minimum Gasteiger partial charge on any atom is -0.465 e. The van der Waals surface area contributed by atoms with Crippen LogP contribution in [0, 0.1) is 0 Å². The lowest BCUT2D eigenvalue weighted by Crippen LogP contribution is -2.59. The number of hydrogen-bond donors (Lipinski definition) is 3. The molecule has 1 amide bonds. The zero-order valence-electron chi connectivity index (χ0n) is 7.86. The summed E-state index contributed by atoms with van der Waals surface area (Å²) < 4.78 is 25.4. The van der Waals surface area contributed by atoms with Gasteiger partial charge in [-0.05, 0) is 0 Å². The van der Waals surface area contributed by atoms with Gasteiger partial charge in [0.25, 0.3) is 6.43 Å². The summed E-state index contributed by atoms with van der Waals surface area (Å²) in [5.41, 5.74) is -2.20. The molecular formula is C8H12F2N2O3. The van der Waals surface area contributed by atoms with Gasteiger partial charge in [0.2, 0.25) is 0 Å². The van der Waals surface area contributed by atoms with E-state index < -0.39 is 30.2 Å². The van der Waals surface area contributed by atoms with Gasteiger partial charge < -0.3 is 15.5 Å². The molecule has 86 valence electrons. The van der Waals surface area contributed by atoms with Crippen molar-refractivity contribution in [3.63, 3.8) is 0 Å². The van der Waals surface area contributed by atoms with E-state index in [4.69, 9.17) is 5.11 Å². The van der Waals surface area contributed by atoms with Gasteiger partial charge in [-0.15, -0.1) is 0 Å². The van der Waals surface area contributed by atoms with Crippen LogP contribution in [0.5, 0.6) is 0 Å². The van der Waals surface area contributed by atoms with E-state index in [2.05, 4.69) is 5.32 Å². The van der Waals surface area contributed by atoms with Crippen molar-refractivity contribution in [2.45, 2.75) is 30.5 Å². The SMILES string of the molecule is O=C(O)N1[C@H]2CNC[C@@H]1C(O)(C(F)F)C2. The van der Waals surface area contributed by atoms with Crippen molar-refractivity contribution in [2.75, 3.05) is 13.1 Å². The number of alkyl halides is 2. The first kappa shape index (κ1) is 10.6. The summed E-state index contributed by atoms with van der Waals surface area (Å²) in [6, 6.07) is -1.60. The third kappa shape index (κ3) is 1.37. The van der Waals surface area contributed by atoms with E-state index in [1.807, 2.05) is 0 Å². The first-order valence-electron chi connectivity index (χ1n) is 4.69. The van der Waals surface area contributed by atoms with Gasteiger partial charge in [0, 0.05) is 19.5 Å². The van der Waals surface area contributed by atoms with Crippen molar-refractivity contribution in [1.29, 1.82) is 0 Å². The average molecular weight is 222 g/mol. The molecule has 0 aromatic rings. The minimum absolute atomic E-state index is 0.0731. The maximum atomic E-state index is 12.7. The molecule has 7 heteroatoms. The largest absolute Gasteiger partial charge is 0.465 e. The zero-order valence-corrected chi connectivity index (χ0v) is 7.86. The number of rotatable bonds is 1. The minimum atomic E-state index is -2.92. The molecule has 1 unspecified atom stereocenters. The van der Waals surface area contributed by atoms with E-state index >= 15 is 0 Å². The Hall–Kier alpha value is -0.950. The van der Waals surface area contributed by atoms with E-state index in [1.54, 1.807) is 0 Å². The third-order valence-corrected chi connectivity index (χ3v) is 3.19. The molecule has 2 rings (SSSR count). The molecule has 0 aliphatic carbocycles. The molecule has 0 aromatic heterocycles. The number of nitrogens with one attached hydrogen (secondary N) is 1. The first-order valence-corrected chi connectivity index (χ1v) is 4.69. The van der Waals surface area contributed by atoms with Crippen LogP contribution in [0.2, 0.25) is 0 Å². The maximum absolute atomic E-state index is 12.7. The topological polar surface area (TPSA) is 72.8 Å². The molecule has 5 nitrogen and oxygen atoms in total. The highest BCUT2D eigenvalue weighted by molar-refractivity contribution is 5.67. The lowest BCUT2D eigenvalue weighted by molar-refractivity contribution is -0.110. The number of halogens is 2. The lowest BCUT2D eigenvalue weighted by Gasteiger charge is -2.36. The number of hydrogen-bond acceptors (Lipinski definition) is 3. The summed E-state index contributed by atoms with van der Waals surface area (Å²) in [6.07, 6.45) is -4.37. The number of piperazine rings is 1. The number of carbonyl (C=O) groups is 1. The van der Waals surface area contributed by atoms with Gasteiger partial charge in [0.1, 0.15) is 5.60 Å². The highest BCUT2D eigenvalue weighted by Crippen LogP contribution is 2.39. The van der Waals surface area contributed by atoms with Crippen LogP contribution in [0.1, 0.15) is 6.42 Å². The summed E-state index contributed by atoms with van der Waals surface area (Å²) in [4.78, 5) is 11.8. The van der Waals surface area contributed by atoms with Gasteiger partial charge in [-0.1, -0.05) is 0 Å². The summed E-state index contributed by atoms with van der Waals surface area (Å²) in [7, 11) is 0. The van der Waals surface area contributed by atoms with Gasteiger partial charge in [-0.2, -0.15) is 0 Å². The van der Waals surface area contributed by atoms with E-state index in [1.165, 1.54) is 0 Å². The zero-order chi connectivity index (χ0) is 11.2. The fraction of sp³-hybridized carbons (Fsp3) is 0.875. The van der Waals surface area contributed by atoms with Crippen LogP contribution in [-0.4, -0.2) is 58.4 Å². The van der Waals surface area contributed by atoms with Crippen LogP contribution in [0.4, 0.5) is 13.6 Å². The predicted molar refractivity (Wildman–Crippen MR) is 45.9 cm³/mol. The highest BCUT2D eigenvalue weighted by Gasteiger charge is 2.59. The van der Waals surface area contributed by atoms with Gasteiger partial charge in [0.15, 0.2) is 0 Å². The second kappa shape index (κ2) is 3.28. The number of nitrogens with zero attached hydrogens (tertiary/aromatic N) is 1. The Kier molecular flexibility index (Phi) is 2.31. The molecule has 0 saturated carbocycles. The molecule has 2 fully saturated rings. The Balaban J connectivity index is 2.30. The first-order chi connectivity index (χ1) is 6.97. The average Bonchev–Trinajstić information content (AvgIpc) is 2.32. The fourth-order valence-electron chi connectivity index (χ4n) is 2.46. The van der Waals surface area contributed by atoms with Crippen molar-refractivity contribution in [2.24, 2.45) is 0 Å². The van der Waals surface area contributed by atoms with Crippen molar-refractivity contribution >= 4 is 6.09 Å². The van der Waals surface area contributed by atoms with Crippen molar-refractivity contribution < 1.29 is 23.8 Å². The molecule has 15 heavy (non-hydrogen) atoms. The van der Waals surface area contributed by atoms with Gasteiger partial charge in [-0.25, -0.2) is 13.6 Å². The third-order valence-electron chi connectivity index (χ3n) is 3.19. The number of aliphatic hydroxyl groups is 1. The summed E-state index contributed by atoms with van der Waals surface area (Å²) >= 11 is 0. The van der Waals surface area contributed by atoms with E-state index in [-0.39, 0.29) is 13.0 Å². The van der Waals surface area contributed by atoms with Gasteiger partial charge >= 0.3 is 6.09 Å². The molecular weight excluding hydrogens is 210 g/mol. The predicted octanol–water partition coefficient (Wildman–Crippen LogP) is -0.293. The summed E-state index contributed by atoms with van der Waals surface area (Å²) in [5, 5.41) is 21.5. The van der Waals surface area contributed by atoms with Crippen molar-refractivity contribution in [1.82, 2.24) is 10.2 Å². The Bertz CT molecular complexity index is 289. The lowest BCUT2D eigenvalue weighted by atomic mass is 9.95. The van der Waals surface area contributed by atoms with Gasteiger partial charge in [-0.3, -0.25) is 4.90 Å². The monoisotopic (exact) mass is 222 g/mol. The van der Waals surface area contributed by atoms with Crippen molar-refractivity contribution in [3.05, 3.63) is 0 Å². The molecule has 0 spiro atoms. The smallest absolute Gasteiger partial charge is 0.407 e. The standard InChI is InChI=1S/C8H12F2N2O3/c9-6(10)8(15)1-4-2-11-3-5(8)12(4)7(13)14/h4-6,11,15H,1-3H2,(H,13,14)/t4-,5-,8?/m1/s1. The normalized spacial score (nSPS) is 39.9. The van der Waals surface area contributed by atoms with Crippen LogP contribution in [-0.2, 0) is 0 Å². The summed E-state index contributed by atoms with van der Waals surface area (Å²) in [6.45, 7) is 0.390. The fourth-order valence-corrected chi connectivity index (χ4v) is 2.46. The van der Waals surface area contributed by atoms with Crippen LogP contribution >= 0.6 is 0 Å². The molecule has 2 bridgehead atoms. The van der Waals surface area contributed by atoms with Gasteiger partial charge in [0.05, 0.1) is 12.1 Å². The second-order valence-corrected chi connectivity index (χ2v) is 4.01. The van der Waals surface area contributed by atoms with Crippen LogP contribution in [0.3, 0.4) is 0 Å². The van der Waals surface area contributed by atoms with E-state index in [0.29, 0.717) is 6.54 Å². The maximum Gasteiger partial charge on any atom is 0.407 e. The summed E-state index contributed by atoms with van der Waals surface area (Å²) in [5.74, 6) is 0. The number of amides is 1. The van der Waals surface area contributed by atoms with Crippen LogP contribution < -0.4 is 5.32 Å². The highest BCUT2D eigenvalue weighted by atomic mass is 19.3. The molecule has 2 heterocycles. The quantitative estimate of drug-likeness (QED) is 0.570. The Morgan fingerprint density at radius 3 is 2.67 bits per heavy atom. The molecule has 0 aromatic carbocycles. The molecule has 3 atom stereocenters. The van der Waals surface area contributed by atoms with Crippen LogP contribution in [0.15, 0.2) is 0 Å². The Labute approximate surface area is 84.7 Å².